The minimum Gasteiger partial charge on any atom is -0.497 e. The number of unbranched alkanes of at least 4 members (excludes halogenated alkanes) is 1. The van der Waals surface area contributed by atoms with Gasteiger partial charge in [0.1, 0.15) is 5.75 Å². The zero-order chi connectivity index (χ0) is 16.5. The normalized spacial score (nSPS) is 10.8. The number of aryl methyl sites for hydroxylation is 1. The molecule has 1 aromatic heterocycles. The quantitative estimate of drug-likeness (QED) is 0.299. The molecule has 24 heavy (non-hydrogen) atoms. The van der Waals surface area contributed by atoms with Gasteiger partial charge < -0.3 is 20.4 Å². The monoisotopic (exact) mass is 442 g/mol. The molecule has 0 aliphatic heterocycles. The molecule has 0 bridgehead atoms. The van der Waals surface area contributed by atoms with Gasteiger partial charge in [-0.1, -0.05) is 6.07 Å². The number of guanidine groups is 1. The predicted octanol–water partition coefficient (Wildman–Crippen LogP) is 2.68. The summed E-state index contributed by atoms with van der Waals surface area (Å²) < 4.78 is 6.79. The van der Waals surface area contributed by atoms with Crippen molar-refractivity contribution in [2.24, 2.45) is 10.7 Å². The standard InChI is InChI=1S/C17H22N4O2.HI/c1-23-15-9-7-14(8-10-15)20-17(18)19-11-3-5-13-21-12-4-2-6-16(21)22;/h2,4,6-10,12H,3,5,11,13H2,1H3,(H3,18,19,20);1H. The topological polar surface area (TPSA) is 81.6 Å². The third kappa shape index (κ3) is 6.61. The molecular weight excluding hydrogens is 419 g/mol. The molecule has 2 rings (SSSR count). The van der Waals surface area contributed by atoms with Gasteiger partial charge in [-0.05, 0) is 43.2 Å². The summed E-state index contributed by atoms with van der Waals surface area (Å²) in [7, 11) is 1.63. The lowest BCUT2D eigenvalue weighted by Gasteiger charge is -2.07. The van der Waals surface area contributed by atoms with Crippen molar-refractivity contribution in [3.8, 4) is 5.75 Å². The molecule has 0 spiro atoms. The van der Waals surface area contributed by atoms with Crippen LogP contribution >= 0.6 is 24.0 Å². The number of hydrogen-bond acceptors (Lipinski definition) is 3. The fourth-order valence-electron chi connectivity index (χ4n) is 2.10. The molecule has 6 nitrogen and oxygen atoms in total. The fourth-order valence-corrected chi connectivity index (χ4v) is 2.10. The van der Waals surface area contributed by atoms with Crippen LogP contribution in [0, 0.1) is 0 Å². The van der Waals surface area contributed by atoms with Crippen molar-refractivity contribution in [2.45, 2.75) is 19.4 Å². The summed E-state index contributed by atoms with van der Waals surface area (Å²) in [5.74, 6) is 1.18. The Balaban J connectivity index is 0.00000288. The molecule has 0 saturated carbocycles. The Labute approximate surface area is 158 Å². The van der Waals surface area contributed by atoms with Gasteiger partial charge in [-0.15, -0.1) is 24.0 Å². The lowest BCUT2D eigenvalue weighted by molar-refractivity contribution is 0.415. The van der Waals surface area contributed by atoms with Gasteiger partial charge in [0.05, 0.1) is 7.11 Å². The Bertz CT molecular complexity index is 698. The molecule has 0 radical (unpaired) electrons. The van der Waals surface area contributed by atoms with E-state index >= 15 is 0 Å². The first-order valence-corrected chi connectivity index (χ1v) is 7.55. The molecule has 3 N–H and O–H groups in total. The van der Waals surface area contributed by atoms with E-state index in [-0.39, 0.29) is 29.5 Å². The average molecular weight is 442 g/mol. The van der Waals surface area contributed by atoms with Crippen LogP contribution in [0.5, 0.6) is 5.75 Å². The van der Waals surface area contributed by atoms with Crippen LogP contribution < -0.4 is 21.3 Å². The highest BCUT2D eigenvalue weighted by atomic mass is 127. The first kappa shape index (κ1) is 20.0. The van der Waals surface area contributed by atoms with Crippen LogP contribution in [-0.4, -0.2) is 24.2 Å². The number of hydrogen-bond donors (Lipinski definition) is 2. The maximum absolute atomic E-state index is 11.5. The molecule has 0 unspecified atom stereocenters. The van der Waals surface area contributed by atoms with Crippen molar-refractivity contribution < 1.29 is 4.74 Å². The third-order valence-electron chi connectivity index (χ3n) is 3.35. The lowest BCUT2D eigenvalue weighted by atomic mass is 10.3. The Morgan fingerprint density at radius 2 is 1.96 bits per heavy atom. The smallest absolute Gasteiger partial charge is 0.250 e. The summed E-state index contributed by atoms with van der Waals surface area (Å²) in [5, 5.41) is 3.03. The second-order valence-electron chi connectivity index (χ2n) is 5.06. The van der Waals surface area contributed by atoms with Gasteiger partial charge in [0.2, 0.25) is 5.56 Å². The van der Waals surface area contributed by atoms with Crippen LogP contribution in [0.3, 0.4) is 0 Å². The van der Waals surface area contributed by atoms with E-state index < -0.39 is 0 Å². The van der Waals surface area contributed by atoms with Crippen molar-refractivity contribution >= 4 is 35.6 Å². The van der Waals surface area contributed by atoms with Crippen molar-refractivity contribution in [1.82, 2.24) is 4.57 Å². The Morgan fingerprint density at radius 3 is 2.62 bits per heavy atom. The second kappa shape index (κ2) is 10.7. The zero-order valence-electron chi connectivity index (χ0n) is 13.6. The molecule has 0 amide bonds. The number of ether oxygens (including phenoxy) is 1. The van der Waals surface area contributed by atoms with Crippen molar-refractivity contribution in [1.29, 1.82) is 0 Å². The average Bonchev–Trinajstić information content (AvgIpc) is 2.57. The van der Waals surface area contributed by atoms with Crippen molar-refractivity contribution in [2.75, 3.05) is 19.0 Å². The lowest BCUT2D eigenvalue weighted by Crippen LogP contribution is -2.23. The van der Waals surface area contributed by atoms with E-state index in [9.17, 15) is 4.79 Å². The predicted molar refractivity (Wildman–Crippen MR) is 108 cm³/mol. The van der Waals surface area contributed by atoms with Crippen LogP contribution in [0.25, 0.3) is 0 Å². The van der Waals surface area contributed by atoms with E-state index in [0.717, 1.165) is 24.3 Å². The van der Waals surface area contributed by atoms with Crippen LogP contribution in [0.15, 0.2) is 58.4 Å². The number of rotatable bonds is 7. The molecule has 0 saturated heterocycles. The van der Waals surface area contributed by atoms with Gasteiger partial charge >= 0.3 is 0 Å². The summed E-state index contributed by atoms with van der Waals surface area (Å²) >= 11 is 0. The first-order valence-electron chi connectivity index (χ1n) is 7.55. The van der Waals surface area contributed by atoms with E-state index in [1.807, 2.05) is 30.3 Å². The summed E-state index contributed by atoms with van der Waals surface area (Å²) in [4.78, 5) is 15.8. The molecular formula is C17H23IN4O2. The number of halogens is 1. The number of aromatic nitrogens is 1. The maximum atomic E-state index is 11.5. The molecule has 0 aliphatic carbocycles. The molecule has 0 fully saturated rings. The van der Waals surface area contributed by atoms with Gasteiger partial charge in [-0.25, -0.2) is 0 Å². The van der Waals surface area contributed by atoms with E-state index in [0.29, 0.717) is 19.0 Å². The van der Waals surface area contributed by atoms with Gasteiger partial charge in [0.25, 0.3) is 0 Å². The number of anilines is 1. The van der Waals surface area contributed by atoms with E-state index in [1.165, 1.54) is 0 Å². The highest BCUT2D eigenvalue weighted by molar-refractivity contribution is 14.0. The summed E-state index contributed by atoms with van der Waals surface area (Å²) in [6.07, 6.45) is 3.54. The Kier molecular flexibility index (Phi) is 8.92. The van der Waals surface area contributed by atoms with Crippen LogP contribution in [0.4, 0.5) is 5.69 Å². The maximum Gasteiger partial charge on any atom is 0.250 e. The molecule has 0 atom stereocenters. The number of aliphatic imine (C=N–C) groups is 1. The second-order valence-corrected chi connectivity index (χ2v) is 5.06. The van der Waals surface area contributed by atoms with Crippen molar-refractivity contribution in [3.63, 3.8) is 0 Å². The van der Waals surface area contributed by atoms with Gasteiger partial charge in [-0.2, -0.15) is 0 Å². The van der Waals surface area contributed by atoms with Gasteiger partial charge in [0, 0.05) is 31.0 Å². The van der Waals surface area contributed by atoms with E-state index in [2.05, 4.69) is 10.3 Å². The fraction of sp³-hybridized carbons (Fsp3) is 0.294. The number of nitrogens with one attached hydrogen (secondary N) is 1. The molecule has 2 aromatic rings. The Morgan fingerprint density at radius 1 is 1.21 bits per heavy atom. The van der Waals surface area contributed by atoms with Crippen LogP contribution in [-0.2, 0) is 6.54 Å². The molecule has 7 heteroatoms. The van der Waals surface area contributed by atoms with Gasteiger partial charge in [-0.3, -0.25) is 9.79 Å². The highest BCUT2D eigenvalue weighted by Crippen LogP contribution is 2.14. The molecule has 1 heterocycles. The van der Waals surface area contributed by atoms with Gasteiger partial charge in [0.15, 0.2) is 5.96 Å². The van der Waals surface area contributed by atoms with Crippen LogP contribution in [0.2, 0.25) is 0 Å². The van der Waals surface area contributed by atoms with E-state index in [1.54, 1.807) is 30.0 Å². The molecule has 130 valence electrons. The minimum absolute atomic E-state index is 0. The molecule has 1 aromatic carbocycles. The third-order valence-corrected chi connectivity index (χ3v) is 3.35. The summed E-state index contributed by atoms with van der Waals surface area (Å²) in [6.45, 7) is 1.32. The number of nitrogens with two attached hydrogens (primary N) is 1. The minimum atomic E-state index is 0. The molecule has 0 aliphatic rings. The summed E-state index contributed by atoms with van der Waals surface area (Å²) in [6, 6.07) is 12.6. The number of nitrogens with zero attached hydrogens (tertiary/aromatic N) is 2. The van der Waals surface area contributed by atoms with E-state index in [4.69, 9.17) is 10.5 Å². The van der Waals surface area contributed by atoms with Crippen molar-refractivity contribution in [3.05, 3.63) is 59.0 Å². The number of methoxy groups -OCH3 is 1. The SMILES string of the molecule is COc1ccc(NC(N)=NCCCCn2ccccc2=O)cc1.I. The van der Waals surface area contributed by atoms with Crippen LogP contribution in [0.1, 0.15) is 12.8 Å². The zero-order valence-corrected chi connectivity index (χ0v) is 16.0. The highest BCUT2D eigenvalue weighted by Gasteiger charge is 1.97. The number of benzene rings is 1. The Hall–Kier alpha value is -2.03. The summed E-state index contributed by atoms with van der Waals surface area (Å²) in [5.41, 5.74) is 6.73. The first-order chi connectivity index (χ1) is 11.2. The number of pyridine rings is 1. The largest absolute Gasteiger partial charge is 0.497 e.